The normalized spacial score (nSPS) is 11.7. The summed E-state index contributed by atoms with van der Waals surface area (Å²) >= 11 is 0. The van der Waals surface area contributed by atoms with Crippen LogP contribution in [-0.4, -0.2) is 18.6 Å². The average molecular weight is 408 g/mol. The molecule has 0 unspecified atom stereocenters. The number of nitrogens with zero attached hydrogens (tertiary/aromatic N) is 2. The van der Waals surface area contributed by atoms with Crippen LogP contribution in [0.5, 0.6) is 0 Å². The summed E-state index contributed by atoms with van der Waals surface area (Å²) in [7, 11) is -3.38. The van der Waals surface area contributed by atoms with E-state index in [2.05, 4.69) is 10.1 Å². The first-order valence-corrected chi connectivity index (χ1v) is 11.0. The van der Waals surface area contributed by atoms with Crippen molar-refractivity contribution in [2.75, 3.05) is 0 Å². The molecule has 0 saturated heterocycles. The molecule has 0 radical (unpaired) electrons. The van der Waals surface area contributed by atoms with Gasteiger partial charge in [-0.1, -0.05) is 64.8 Å². The van der Waals surface area contributed by atoms with Gasteiger partial charge in [-0.2, -0.15) is 4.98 Å². The van der Waals surface area contributed by atoms with Crippen LogP contribution in [-0.2, 0) is 21.3 Å². The minimum atomic E-state index is -3.38. The van der Waals surface area contributed by atoms with Crippen LogP contribution in [0.4, 0.5) is 0 Å². The van der Waals surface area contributed by atoms with Gasteiger partial charge in [-0.25, -0.2) is 8.42 Å². The number of hydrogen-bond donors (Lipinski definition) is 0. The molecule has 2 aromatic heterocycles. The highest BCUT2D eigenvalue weighted by atomic mass is 32.2. The SMILES string of the molecule is Cc1ccc(-c2noc(-c3ccc(CS(=O)(=O)Cc4cccc(C)c4)o3)n2)cc1. The number of aryl methyl sites for hydroxylation is 2. The molecule has 0 amide bonds. The van der Waals surface area contributed by atoms with E-state index in [0.717, 1.165) is 22.3 Å². The molecular weight excluding hydrogens is 388 g/mol. The summed E-state index contributed by atoms with van der Waals surface area (Å²) in [6.07, 6.45) is 0. The highest BCUT2D eigenvalue weighted by Crippen LogP contribution is 2.25. The number of furan rings is 1. The van der Waals surface area contributed by atoms with Crippen LogP contribution in [0.1, 0.15) is 22.5 Å². The van der Waals surface area contributed by atoms with Gasteiger partial charge in [-0.15, -0.1) is 0 Å². The Balaban J connectivity index is 1.49. The van der Waals surface area contributed by atoms with E-state index in [1.165, 1.54) is 0 Å². The molecule has 2 aromatic carbocycles. The first kappa shape index (κ1) is 19.1. The molecule has 0 saturated carbocycles. The van der Waals surface area contributed by atoms with E-state index < -0.39 is 9.84 Å². The fraction of sp³-hybridized carbons (Fsp3) is 0.182. The van der Waals surface area contributed by atoms with Crippen molar-refractivity contribution < 1.29 is 17.4 Å². The molecule has 0 atom stereocenters. The zero-order valence-corrected chi connectivity index (χ0v) is 16.9. The van der Waals surface area contributed by atoms with E-state index in [4.69, 9.17) is 8.94 Å². The molecule has 148 valence electrons. The lowest BCUT2D eigenvalue weighted by Gasteiger charge is -2.04. The van der Waals surface area contributed by atoms with E-state index in [-0.39, 0.29) is 17.4 Å². The number of sulfone groups is 1. The third-order valence-electron chi connectivity index (χ3n) is 4.44. The fourth-order valence-electron chi connectivity index (χ4n) is 3.04. The Morgan fingerprint density at radius 1 is 0.897 bits per heavy atom. The summed E-state index contributed by atoms with van der Waals surface area (Å²) in [4.78, 5) is 4.35. The maximum Gasteiger partial charge on any atom is 0.293 e. The maximum absolute atomic E-state index is 12.5. The number of hydrogen-bond acceptors (Lipinski definition) is 6. The first-order chi connectivity index (χ1) is 13.9. The van der Waals surface area contributed by atoms with Crippen LogP contribution in [0.25, 0.3) is 23.0 Å². The summed E-state index contributed by atoms with van der Waals surface area (Å²) in [6.45, 7) is 3.94. The predicted octanol–water partition coefficient (Wildman–Crippen LogP) is 4.73. The van der Waals surface area contributed by atoms with Crippen molar-refractivity contribution in [3.05, 3.63) is 83.1 Å². The molecule has 4 rings (SSSR count). The van der Waals surface area contributed by atoms with Crippen LogP contribution >= 0.6 is 0 Å². The van der Waals surface area contributed by atoms with Gasteiger partial charge in [0.1, 0.15) is 11.5 Å². The third kappa shape index (κ3) is 4.63. The Hall–Kier alpha value is -3.19. The van der Waals surface area contributed by atoms with Gasteiger partial charge in [0.25, 0.3) is 5.89 Å². The number of aromatic nitrogens is 2. The Morgan fingerprint density at radius 2 is 1.69 bits per heavy atom. The van der Waals surface area contributed by atoms with Crippen molar-refractivity contribution in [1.82, 2.24) is 10.1 Å². The van der Waals surface area contributed by atoms with E-state index in [1.54, 1.807) is 12.1 Å². The summed E-state index contributed by atoms with van der Waals surface area (Å²) in [5, 5.41) is 3.98. The zero-order chi connectivity index (χ0) is 20.4. The van der Waals surface area contributed by atoms with E-state index in [9.17, 15) is 8.42 Å². The third-order valence-corrected chi connectivity index (χ3v) is 5.94. The van der Waals surface area contributed by atoms with Crippen LogP contribution in [0.3, 0.4) is 0 Å². The smallest absolute Gasteiger partial charge is 0.293 e. The Kier molecular flexibility index (Phi) is 5.07. The molecule has 2 heterocycles. The van der Waals surface area contributed by atoms with Crippen molar-refractivity contribution in [2.45, 2.75) is 25.4 Å². The highest BCUT2D eigenvalue weighted by molar-refractivity contribution is 7.89. The fourth-order valence-corrected chi connectivity index (χ4v) is 4.42. The van der Waals surface area contributed by atoms with E-state index >= 15 is 0 Å². The summed E-state index contributed by atoms with van der Waals surface area (Å²) in [6, 6.07) is 18.5. The molecule has 0 aliphatic heterocycles. The van der Waals surface area contributed by atoms with Crippen molar-refractivity contribution in [2.24, 2.45) is 0 Å². The Bertz CT molecular complexity index is 1240. The molecule has 6 nitrogen and oxygen atoms in total. The van der Waals surface area contributed by atoms with E-state index in [0.29, 0.717) is 17.3 Å². The minimum Gasteiger partial charge on any atom is -0.455 e. The zero-order valence-electron chi connectivity index (χ0n) is 16.1. The monoisotopic (exact) mass is 408 g/mol. The lowest BCUT2D eigenvalue weighted by Crippen LogP contribution is -2.07. The average Bonchev–Trinajstić information content (AvgIpc) is 3.31. The summed E-state index contributed by atoms with van der Waals surface area (Å²) in [5.41, 5.74) is 3.76. The lowest BCUT2D eigenvalue weighted by molar-refractivity contribution is 0.413. The summed E-state index contributed by atoms with van der Waals surface area (Å²) in [5.74, 6) is 1.11. The number of benzene rings is 2. The Labute approximate surface area is 169 Å². The van der Waals surface area contributed by atoms with Crippen molar-refractivity contribution in [3.8, 4) is 23.0 Å². The van der Waals surface area contributed by atoms with Crippen molar-refractivity contribution >= 4 is 9.84 Å². The maximum atomic E-state index is 12.5. The minimum absolute atomic E-state index is 0.0388. The second-order valence-electron chi connectivity index (χ2n) is 7.08. The molecule has 7 heteroatoms. The largest absolute Gasteiger partial charge is 0.455 e. The second kappa shape index (κ2) is 7.67. The molecule has 0 N–H and O–H groups in total. The van der Waals surface area contributed by atoms with E-state index in [1.807, 2.05) is 62.4 Å². The topological polar surface area (TPSA) is 86.2 Å². The molecule has 0 bridgehead atoms. The van der Waals surface area contributed by atoms with Crippen LogP contribution in [0, 0.1) is 13.8 Å². The quantitative estimate of drug-likeness (QED) is 0.458. The van der Waals surface area contributed by atoms with Gasteiger partial charge in [0.05, 0.1) is 5.75 Å². The molecule has 0 fully saturated rings. The van der Waals surface area contributed by atoms with Crippen LogP contribution < -0.4 is 0 Å². The van der Waals surface area contributed by atoms with Crippen molar-refractivity contribution in [3.63, 3.8) is 0 Å². The van der Waals surface area contributed by atoms with Crippen LogP contribution in [0.2, 0.25) is 0 Å². The molecular formula is C22H20N2O4S. The van der Waals surface area contributed by atoms with Gasteiger partial charge in [0, 0.05) is 5.56 Å². The van der Waals surface area contributed by atoms with Gasteiger partial charge < -0.3 is 8.94 Å². The van der Waals surface area contributed by atoms with Gasteiger partial charge in [0.2, 0.25) is 5.82 Å². The molecule has 4 aromatic rings. The standard InChI is InChI=1S/C22H20N2O4S/c1-15-6-8-18(9-7-15)21-23-22(28-24-21)20-11-10-19(27-20)14-29(25,26)13-17-5-3-4-16(2)12-17/h3-12H,13-14H2,1-2H3. The molecule has 0 aliphatic carbocycles. The lowest BCUT2D eigenvalue weighted by atomic mass is 10.1. The predicted molar refractivity (Wildman–Crippen MR) is 110 cm³/mol. The first-order valence-electron chi connectivity index (χ1n) is 9.14. The van der Waals surface area contributed by atoms with Crippen LogP contribution in [0.15, 0.2) is 69.6 Å². The second-order valence-corrected chi connectivity index (χ2v) is 9.14. The summed E-state index contributed by atoms with van der Waals surface area (Å²) < 4.78 is 36.0. The molecule has 29 heavy (non-hydrogen) atoms. The van der Waals surface area contributed by atoms with Crippen molar-refractivity contribution in [1.29, 1.82) is 0 Å². The van der Waals surface area contributed by atoms with Gasteiger partial charge in [-0.05, 0) is 31.5 Å². The molecule has 0 spiro atoms. The Morgan fingerprint density at radius 3 is 2.45 bits per heavy atom. The van der Waals surface area contributed by atoms with Gasteiger partial charge >= 0.3 is 0 Å². The van der Waals surface area contributed by atoms with Gasteiger partial charge in [-0.3, -0.25) is 0 Å². The van der Waals surface area contributed by atoms with Gasteiger partial charge in [0.15, 0.2) is 15.6 Å². The highest BCUT2D eigenvalue weighted by Gasteiger charge is 2.19. The number of rotatable bonds is 6. The molecule has 0 aliphatic rings.